The first-order chi connectivity index (χ1) is 10.0. The summed E-state index contributed by atoms with van der Waals surface area (Å²) in [5, 5.41) is 0. The number of anilines is 1. The molecule has 0 saturated carbocycles. The molecule has 0 amide bonds. The highest BCUT2D eigenvalue weighted by molar-refractivity contribution is 7.89. The van der Waals surface area contributed by atoms with E-state index in [0.29, 0.717) is 12.2 Å². The standard InChI is InChI=1S/C15H19N3O2S/c1-12(13-5-3-2-4-6-13)11-17-21(19,20)15-9-7-14(18-16)8-10-15/h2-10,12,17-18H,11,16H2,1H3. The number of hydrazine groups is 1. The molecule has 0 aliphatic heterocycles. The van der Waals surface area contributed by atoms with Crippen molar-refractivity contribution in [3.8, 4) is 0 Å². The van der Waals surface area contributed by atoms with Crippen molar-refractivity contribution in [2.24, 2.45) is 5.84 Å². The maximum absolute atomic E-state index is 12.2. The predicted octanol–water partition coefficient (Wildman–Crippen LogP) is 2.05. The summed E-state index contributed by atoms with van der Waals surface area (Å²) in [6, 6.07) is 16.1. The molecule has 4 N–H and O–H groups in total. The number of nitrogens with one attached hydrogen (secondary N) is 2. The summed E-state index contributed by atoms with van der Waals surface area (Å²) in [4.78, 5) is 0.224. The average molecular weight is 305 g/mol. The van der Waals surface area contributed by atoms with Gasteiger partial charge in [0.05, 0.1) is 4.90 Å². The van der Waals surface area contributed by atoms with Crippen molar-refractivity contribution in [3.05, 3.63) is 60.2 Å². The minimum absolute atomic E-state index is 0.103. The van der Waals surface area contributed by atoms with Crippen molar-refractivity contribution >= 4 is 15.7 Å². The number of hydrogen-bond acceptors (Lipinski definition) is 4. The molecule has 0 saturated heterocycles. The molecule has 0 radical (unpaired) electrons. The van der Waals surface area contributed by atoms with E-state index in [4.69, 9.17) is 5.84 Å². The zero-order valence-corrected chi connectivity index (χ0v) is 12.6. The van der Waals surface area contributed by atoms with Crippen LogP contribution in [0.3, 0.4) is 0 Å². The fraction of sp³-hybridized carbons (Fsp3) is 0.200. The number of nitrogen functional groups attached to an aromatic ring is 1. The molecule has 1 atom stereocenters. The Kier molecular flexibility index (Phi) is 4.95. The van der Waals surface area contributed by atoms with Gasteiger partial charge in [-0.3, -0.25) is 5.84 Å². The van der Waals surface area contributed by atoms with Crippen molar-refractivity contribution in [1.82, 2.24) is 4.72 Å². The van der Waals surface area contributed by atoms with Gasteiger partial charge in [0, 0.05) is 12.2 Å². The average Bonchev–Trinajstić information content (AvgIpc) is 2.53. The number of rotatable bonds is 6. The first-order valence-electron chi connectivity index (χ1n) is 6.64. The van der Waals surface area contributed by atoms with Crippen LogP contribution in [0.1, 0.15) is 18.4 Å². The summed E-state index contributed by atoms with van der Waals surface area (Å²) < 4.78 is 27.0. The van der Waals surface area contributed by atoms with E-state index in [-0.39, 0.29) is 10.8 Å². The van der Waals surface area contributed by atoms with Crippen LogP contribution >= 0.6 is 0 Å². The summed E-state index contributed by atoms with van der Waals surface area (Å²) in [5.41, 5.74) is 4.22. The largest absolute Gasteiger partial charge is 0.324 e. The molecule has 0 bridgehead atoms. The minimum Gasteiger partial charge on any atom is -0.324 e. The smallest absolute Gasteiger partial charge is 0.240 e. The lowest BCUT2D eigenvalue weighted by molar-refractivity contribution is 0.575. The second-order valence-electron chi connectivity index (χ2n) is 4.83. The number of sulfonamides is 1. The van der Waals surface area contributed by atoms with Crippen LogP contribution in [0.2, 0.25) is 0 Å². The highest BCUT2D eigenvalue weighted by atomic mass is 32.2. The Hall–Kier alpha value is -1.89. The molecule has 5 nitrogen and oxygen atoms in total. The van der Waals surface area contributed by atoms with Crippen LogP contribution in [0.25, 0.3) is 0 Å². The molecule has 112 valence electrons. The van der Waals surface area contributed by atoms with Gasteiger partial charge in [-0.05, 0) is 35.7 Å². The van der Waals surface area contributed by atoms with E-state index in [1.54, 1.807) is 12.1 Å². The highest BCUT2D eigenvalue weighted by Gasteiger charge is 2.15. The minimum atomic E-state index is -3.51. The van der Waals surface area contributed by atoms with Crippen molar-refractivity contribution in [3.63, 3.8) is 0 Å². The maximum Gasteiger partial charge on any atom is 0.240 e. The number of nitrogens with two attached hydrogens (primary N) is 1. The van der Waals surface area contributed by atoms with E-state index in [1.807, 2.05) is 37.3 Å². The van der Waals surface area contributed by atoms with Crippen molar-refractivity contribution in [2.75, 3.05) is 12.0 Å². The number of benzene rings is 2. The molecule has 0 spiro atoms. The Labute approximate surface area is 125 Å². The van der Waals surface area contributed by atoms with E-state index < -0.39 is 10.0 Å². The van der Waals surface area contributed by atoms with Crippen molar-refractivity contribution in [1.29, 1.82) is 0 Å². The molecular weight excluding hydrogens is 286 g/mol. The Balaban J connectivity index is 2.04. The molecule has 0 fully saturated rings. The molecule has 0 heterocycles. The summed E-state index contributed by atoms with van der Waals surface area (Å²) >= 11 is 0. The SMILES string of the molecule is CC(CNS(=O)(=O)c1ccc(NN)cc1)c1ccccc1. The van der Waals surface area contributed by atoms with Crippen LogP contribution < -0.4 is 16.0 Å². The molecule has 6 heteroatoms. The van der Waals surface area contributed by atoms with E-state index in [1.165, 1.54) is 12.1 Å². The summed E-state index contributed by atoms with van der Waals surface area (Å²) in [6.45, 7) is 2.34. The molecule has 21 heavy (non-hydrogen) atoms. The van der Waals surface area contributed by atoms with Gasteiger partial charge in [0.2, 0.25) is 10.0 Å². The molecule has 0 aliphatic carbocycles. The van der Waals surface area contributed by atoms with E-state index >= 15 is 0 Å². The van der Waals surface area contributed by atoms with Gasteiger partial charge in [-0.25, -0.2) is 13.1 Å². The van der Waals surface area contributed by atoms with E-state index in [9.17, 15) is 8.42 Å². The lowest BCUT2D eigenvalue weighted by atomic mass is 10.0. The van der Waals surface area contributed by atoms with Gasteiger partial charge in [-0.15, -0.1) is 0 Å². The second kappa shape index (κ2) is 6.71. The van der Waals surface area contributed by atoms with Crippen LogP contribution in [-0.4, -0.2) is 15.0 Å². The predicted molar refractivity (Wildman–Crippen MR) is 84.3 cm³/mol. The third-order valence-electron chi connectivity index (χ3n) is 3.28. The van der Waals surface area contributed by atoms with Gasteiger partial charge in [-0.2, -0.15) is 0 Å². The normalized spacial score (nSPS) is 12.9. The zero-order chi connectivity index (χ0) is 15.3. The fourth-order valence-electron chi connectivity index (χ4n) is 1.95. The third-order valence-corrected chi connectivity index (χ3v) is 4.72. The maximum atomic E-state index is 12.2. The van der Waals surface area contributed by atoms with Gasteiger partial charge >= 0.3 is 0 Å². The van der Waals surface area contributed by atoms with Crippen LogP contribution in [0.4, 0.5) is 5.69 Å². The molecule has 2 aromatic carbocycles. The Morgan fingerprint density at radius 2 is 1.67 bits per heavy atom. The summed E-state index contributed by atoms with van der Waals surface area (Å²) in [5.74, 6) is 5.36. The summed E-state index contributed by atoms with van der Waals surface area (Å²) in [7, 11) is -3.51. The Bertz CT molecular complexity index is 670. The molecule has 0 aliphatic rings. The van der Waals surface area contributed by atoms with Gasteiger partial charge in [-0.1, -0.05) is 37.3 Å². The first-order valence-corrected chi connectivity index (χ1v) is 8.12. The van der Waals surface area contributed by atoms with Crippen molar-refractivity contribution < 1.29 is 8.42 Å². The second-order valence-corrected chi connectivity index (χ2v) is 6.60. The molecular formula is C15H19N3O2S. The lowest BCUT2D eigenvalue weighted by Gasteiger charge is -2.13. The molecule has 1 unspecified atom stereocenters. The molecule has 2 aromatic rings. The lowest BCUT2D eigenvalue weighted by Crippen LogP contribution is -2.27. The van der Waals surface area contributed by atoms with Crippen LogP contribution in [0.15, 0.2) is 59.5 Å². The Morgan fingerprint density at radius 1 is 1.05 bits per heavy atom. The van der Waals surface area contributed by atoms with Gasteiger partial charge in [0.15, 0.2) is 0 Å². The van der Waals surface area contributed by atoms with Crippen LogP contribution in [0.5, 0.6) is 0 Å². The van der Waals surface area contributed by atoms with Gasteiger partial charge < -0.3 is 5.43 Å². The van der Waals surface area contributed by atoms with Crippen molar-refractivity contribution in [2.45, 2.75) is 17.7 Å². The van der Waals surface area contributed by atoms with E-state index in [0.717, 1.165) is 5.56 Å². The fourth-order valence-corrected chi connectivity index (χ4v) is 3.08. The van der Waals surface area contributed by atoms with Gasteiger partial charge in [0.25, 0.3) is 0 Å². The zero-order valence-electron chi connectivity index (χ0n) is 11.8. The highest BCUT2D eigenvalue weighted by Crippen LogP contribution is 2.16. The monoisotopic (exact) mass is 305 g/mol. The third kappa shape index (κ3) is 4.04. The summed E-state index contributed by atoms with van der Waals surface area (Å²) in [6.07, 6.45) is 0. The first kappa shape index (κ1) is 15.5. The molecule has 0 aromatic heterocycles. The van der Waals surface area contributed by atoms with Gasteiger partial charge in [0.1, 0.15) is 0 Å². The topological polar surface area (TPSA) is 84.2 Å². The van der Waals surface area contributed by atoms with Crippen LogP contribution in [-0.2, 0) is 10.0 Å². The van der Waals surface area contributed by atoms with Crippen LogP contribution in [0, 0.1) is 0 Å². The Morgan fingerprint density at radius 3 is 2.24 bits per heavy atom. The quantitative estimate of drug-likeness (QED) is 0.563. The number of hydrogen-bond donors (Lipinski definition) is 3. The molecule has 2 rings (SSSR count). The van der Waals surface area contributed by atoms with E-state index in [2.05, 4.69) is 10.1 Å².